The van der Waals surface area contributed by atoms with Gasteiger partial charge in [0.05, 0.1) is 10.6 Å². The topological polar surface area (TPSA) is 111 Å². The Labute approximate surface area is 176 Å². The molecular weight excluding hydrogens is 472 g/mol. The molecule has 0 aromatic heterocycles. The Morgan fingerprint density at radius 3 is 2.80 bits per heavy atom. The van der Waals surface area contributed by atoms with E-state index in [9.17, 15) is 28.5 Å². The molecule has 0 spiro atoms. The van der Waals surface area contributed by atoms with Gasteiger partial charge in [0, 0.05) is 28.7 Å². The third-order valence-electron chi connectivity index (χ3n) is 4.11. The number of nitrogens with zero attached hydrogens (tertiary/aromatic N) is 2. The van der Waals surface area contributed by atoms with E-state index in [4.69, 9.17) is 4.74 Å². The van der Waals surface area contributed by atoms with Crippen molar-refractivity contribution in [3.05, 3.63) is 56.5 Å². The van der Waals surface area contributed by atoms with Gasteiger partial charge in [0.1, 0.15) is 18.0 Å². The molecule has 3 rings (SSSR count). The van der Waals surface area contributed by atoms with Gasteiger partial charge in [-0.1, -0.05) is 15.9 Å². The maximum atomic E-state index is 12.6. The first kappa shape index (κ1) is 21.4. The molecule has 1 aliphatic heterocycles. The number of hydrogen-bond donors (Lipinski definition) is 1. The molecule has 9 nitrogen and oxygen atoms in total. The Bertz CT molecular complexity index is 1000. The molecule has 158 valence electrons. The molecule has 0 saturated carbocycles. The molecule has 0 aliphatic carbocycles. The summed E-state index contributed by atoms with van der Waals surface area (Å²) in [6.45, 7) is -3.93. The summed E-state index contributed by atoms with van der Waals surface area (Å²) in [4.78, 5) is 36.1. The highest BCUT2D eigenvalue weighted by Crippen LogP contribution is 2.35. The van der Waals surface area contributed by atoms with Gasteiger partial charge in [-0.25, -0.2) is 0 Å². The first-order valence-electron chi connectivity index (χ1n) is 8.46. The first-order chi connectivity index (χ1) is 14.2. The molecule has 30 heavy (non-hydrogen) atoms. The lowest BCUT2D eigenvalue weighted by Crippen LogP contribution is -2.45. The second kappa shape index (κ2) is 9.03. The highest BCUT2D eigenvalue weighted by molar-refractivity contribution is 9.10. The zero-order valence-corrected chi connectivity index (χ0v) is 16.7. The fourth-order valence-electron chi connectivity index (χ4n) is 2.77. The normalized spacial score (nSPS) is 12.9. The predicted molar refractivity (Wildman–Crippen MR) is 104 cm³/mol. The molecule has 1 aliphatic rings. The number of non-ortho nitro benzene ring substituents is 1. The number of alkyl halides is 2. The largest absolute Gasteiger partial charge is 0.482 e. The molecule has 2 aromatic carbocycles. The maximum Gasteiger partial charge on any atom is 0.387 e. The quantitative estimate of drug-likeness (QED) is 0.476. The number of rotatable bonds is 7. The number of amides is 2. The molecule has 0 atom stereocenters. The molecular formula is C18H14BrF2N3O6. The van der Waals surface area contributed by atoms with E-state index in [1.165, 1.54) is 30.3 Å². The highest BCUT2D eigenvalue weighted by Gasteiger charge is 2.29. The first-order valence-corrected chi connectivity index (χ1v) is 9.25. The number of nitro groups is 1. The van der Waals surface area contributed by atoms with Crippen molar-refractivity contribution in [2.45, 2.75) is 13.2 Å². The van der Waals surface area contributed by atoms with Crippen molar-refractivity contribution in [1.82, 2.24) is 5.32 Å². The lowest BCUT2D eigenvalue weighted by molar-refractivity contribution is -0.384. The molecule has 0 bridgehead atoms. The van der Waals surface area contributed by atoms with Crippen molar-refractivity contribution >= 4 is 39.1 Å². The van der Waals surface area contributed by atoms with E-state index in [1.54, 1.807) is 0 Å². The summed E-state index contributed by atoms with van der Waals surface area (Å²) in [5, 5.41) is 13.5. The van der Waals surface area contributed by atoms with Crippen LogP contribution in [0.2, 0.25) is 0 Å². The van der Waals surface area contributed by atoms with Crippen LogP contribution in [0, 0.1) is 10.1 Å². The lowest BCUT2D eigenvalue weighted by Gasteiger charge is -2.28. The van der Waals surface area contributed by atoms with Crippen molar-refractivity contribution in [3.8, 4) is 11.5 Å². The van der Waals surface area contributed by atoms with Gasteiger partial charge < -0.3 is 14.8 Å². The summed E-state index contributed by atoms with van der Waals surface area (Å²) in [5.41, 5.74) is 0.127. The number of carbonyl (C=O) groups is 2. The summed E-state index contributed by atoms with van der Waals surface area (Å²) < 4.78 is 35.4. The van der Waals surface area contributed by atoms with Crippen LogP contribution >= 0.6 is 15.9 Å². The SMILES string of the molecule is O=C(CN1C(=O)COc2ccc([N+](=O)[O-])cc21)NCc1cc(Br)ccc1OC(F)F. The van der Waals surface area contributed by atoms with Crippen LogP contribution in [-0.4, -0.2) is 36.5 Å². The number of fused-ring (bicyclic) bond motifs is 1. The van der Waals surface area contributed by atoms with Crippen molar-refractivity contribution in [1.29, 1.82) is 0 Å². The average molecular weight is 486 g/mol. The van der Waals surface area contributed by atoms with Crippen LogP contribution in [-0.2, 0) is 16.1 Å². The van der Waals surface area contributed by atoms with Crippen molar-refractivity contribution in [2.24, 2.45) is 0 Å². The minimum atomic E-state index is -3.03. The van der Waals surface area contributed by atoms with Crippen molar-refractivity contribution in [2.75, 3.05) is 18.1 Å². The molecule has 2 aromatic rings. The van der Waals surface area contributed by atoms with E-state index in [2.05, 4.69) is 26.0 Å². The average Bonchev–Trinajstić information content (AvgIpc) is 2.69. The van der Waals surface area contributed by atoms with E-state index >= 15 is 0 Å². The van der Waals surface area contributed by atoms with Gasteiger partial charge in [0.25, 0.3) is 11.6 Å². The summed E-state index contributed by atoms with van der Waals surface area (Å²) in [6.07, 6.45) is 0. The fraction of sp³-hybridized carbons (Fsp3) is 0.222. The van der Waals surface area contributed by atoms with E-state index in [1.807, 2.05) is 0 Å². The van der Waals surface area contributed by atoms with Gasteiger partial charge >= 0.3 is 6.61 Å². The molecule has 12 heteroatoms. The number of anilines is 1. The van der Waals surface area contributed by atoms with Crippen LogP contribution < -0.4 is 19.7 Å². The lowest BCUT2D eigenvalue weighted by atomic mass is 10.2. The van der Waals surface area contributed by atoms with Crippen LogP contribution in [0.1, 0.15) is 5.56 Å². The number of nitro benzene ring substituents is 1. The molecule has 0 saturated heterocycles. The Kier molecular flexibility index (Phi) is 6.45. The summed E-state index contributed by atoms with van der Waals surface area (Å²) in [6, 6.07) is 8.07. The number of carbonyl (C=O) groups excluding carboxylic acids is 2. The standard InChI is InChI=1S/C18H14BrF2N3O6/c19-11-1-3-14(30-18(20)21)10(5-11)7-22-16(25)8-23-13-6-12(24(27)28)2-4-15(13)29-9-17(23)26/h1-6,18H,7-9H2,(H,22,25). The number of benzene rings is 2. The second-order valence-electron chi connectivity index (χ2n) is 6.08. The minimum Gasteiger partial charge on any atom is -0.482 e. The van der Waals surface area contributed by atoms with Gasteiger partial charge in [-0.15, -0.1) is 0 Å². The molecule has 0 unspecified atom stereocenters. The Hall–Kier alpha value is -3.28. The Balaban J connectivity index is 1.73. The Morgan fingerprint density at radius 1 is 1.33 bits per heavy atom. The van der Waals surface area contributed by atoms with Crippen LogP contribution in [0.15, 0.2) is 40.9 Å². The summed E-state index contributed by atoms with van der Waals surface area (Å²) in [7, 11) is 0. The van der Waals surface area contributed by atoms with Gasteiger partial charge in [-0.2, -0.15) is 8.78 Å². The zero-order valence-electron chi connectivity index (χ0n) is 15.1. The zero-order chi connectivity index (χ0) is 21.8. The predicted octanol–water partition coefficient (Wildman–Crippen LogP) is 3.00. The molecule has 2 amide bonds. The summed E-state index contributed by atoms with van der Waals surface area (Å²) >= 11 is 3.22. The van der Waals surface area contributed by atoms with E-state index in [0.29, 0.717) is 10.0 Å². The molecule has 1 N–H and O–H groups in total. The van der Waals surface area contributed by atoms with Crippen LogP contribution in [0.25, 0.3) is 0 Å². The third-order valence-corrected chi connectivity index (χ3v) is 4.61. The summed E-state index contributed by atoms with van der Waals surface area (Å²) in [5.74, 6) is -1.03. The smallest absolute Gasteiger partial charge is 0.387 e. The minimum absolute atomic E-state index is 0.0970. The van der Waals surface area contributed by atoms with Gasteiger partial charge in [0.2, 0.25) is 5.91 Å². The number of hydrogen-bond acceptors (Lipinski definition) is 6. The fourth-order valence-corrected chi connectivity index (χ4v) is 3.18. The Morgan fingerprint density at radius 2 is 2.10 bits per heavy atom. The maximum absolute atomic E-state index is 12.6. The number of nitrogens with one attached hydrogen (secondary N) is 1. The highest BCUT2D eigenvalue weighted by atomic mass is 79.9. The van der Waals surface area contributed by atoms with E-state index in [-0.39, 0.29) is 36.0 Å². The number of halogens is 3. The molecule has 0 radical (unpaired) electrons. The third kappa shape index (κ3) is 5.00. The van der Waals surface area contributed by atoms with E-state index in [0.717, 1.165) is 11.0 Å². The second-order valence-corrected chi connectivity index (χ2v) is 7.00. The number of ether oxygens (including phenoxy) is 2. The molecule has 1 heterocycles. The van der Waals surface area contributed by atoms with E-state index < -0.39 is 29.9 Å². The van der Waals surface area contributed by atoms with Crippen LogP contribution in [0.3, 0.4) is 0 Å². The molecule has 0 fully saturated rings. The van der Waals surface area contributed by atoms with Crippen molar-refractivity contribution in [3.63, 3.8) is 0 Å². The van der Waals surface area contributed by atoms with Gasteiger partial charge in [-0.3, -0.25) is 24.6 Å². The van der Waals surface area contributed by atoms with Crippen molar-refractivity contribution < 1.29 is 32.8 Å². The monoisotopic (exact) mass is 485 g/mol. The van der Waals surface area contributed by atoms with Crippen LogP contribution in [0.4, 0.5) is 20.2 Å². The van der Waals surface area contributed by atoms with Gasteiger partial charge in [-0.05, 0) is 24.3 Å². The van der Waals surface area contributed by atoms with Gasteiger partial charge in [0.15, 0.2) is 6.61 Å². The van der Waals surface area contributed by atoms with Crippen LogP contribution in [0.5, 0.6) is 11.5 Å².